The maximum atomic E-state index is 13.5. The van der Waals surface area contributed by atoms with Crippen LogP contribution >= 0.6 is 0 Å². The molecule has 0 heterocycles. The second-order valence-electron chi connectivity index (χ2n) is 8.43. The van der Waals surface area contributed by atoms with Crippen LogP contribution in [0.2, 0.25) is 0 Å². The summed E-state index contributed by atoms with van der Waals surface area (Å²) in [6, 6.07) is 24.6. The molecule has 0 aliphatic rings. The first-order valence-electron chi connectivity index (χ1n) is 11.9. The highest BCUT2D eigenvalue weighted by Crippen LogP contribution is 2.28. The van der Waals surface area contributed by atoms with Crippen LogP contribution in [-0.2, 0) is 23.2 Å². The van der Waals surface area contributed by atoms with Crippen molar-refractivity contribution in [3.63, 3.8) is 0 Å². The summed E-state index contributed by atoms with van der Waals surface area (Å²) in [5.74, 6) is 0.655. The van der Waals surface area contributed by atoms with Gasteiger partial charge in [0.2, 0.25) is 0 Å². The summed E-state index contributed by atoms with van der Waals surface area (Å²) < 4.78 is 55.4. The highest BCUT2D eigenvalue weighted by molar-refractivity contribution is 7.87. The van der Waals surface area contributed by atoms with Gasteiger partial charge < -0.3 is 23.9 Å². The lowest BCUT2D eigenvalue weighted by Gasteiger charge is -2.25. The van der Waals surface area contributed by atoms with Crippen LogP contribution in [0.15, 0.2) is 102 Å². The predicted octanol–water partition coefficient (Wildman–Crippen LogP) is 5.84. The third kappa shape index (κ3) is 7.05. The molecule has 0 radical (unpaired) electrons. The van der Waals surface area contributed by atoms with Crippen molar-refractivity contribution in [1.82, 2.24) is 4.90 Å². The molecule has 0 spiro atoms. The van der Waals surface area contributed by atoms with E-state index in [-0.39, 0.29) is 23.7 Å². The third-order valence-corrected chi connectivity index (χ3v) is 7.05. The fourth-order valence-corrected chi connectivity index (χ4v) is 4.75. The summed E-state index contributed by atoms with van der Waals surface area (Å²) in [5.41, 5.74) is 1.59. The molecule has 39 heavy (non-hydrogen) atoms. The number of ether oxygens (including phenoxy) is 2. The van der Waals surface area contributed by atoms with Gasteiger partial charge in [-0.2, -0.15) is 8.42 Å². The van der Waals surface area contributed by atoms with E-state index in [4.69, 9.17) is 13.7 Å². The van der Waals surface area contributed by atoms with Crippen molar-refractivity contribution >= 4 is 21.8 Å². The molecule has 0 saturated heterocycles. The Balaban J connectivity index is 1.62. The highest BCUT2D eigenvalue weighted by atomic mass is 32.2. The van der Waals surface area contributed by atoms with Gasteiger partial charge in [0.25, 0.3) is 0 Å². The van der Waals surface area contributed by atoms with Gasteiger partial charge in [0, 0.05) is 12.1 Å². The van der Waals surface area contributed by atoms with Crippen LogP contribution in [0.25, 0.3) is 0 Å². The number of carbonyl (C=O) groups is 1. The first-order valence-corrected chi connectivity index (χ1v) is 13.3. The molecule has 0 unspecified atom stereocenters. The van der Waals surface area contributed by atoms with Crippen LogP contribution in [0.1, 0.15) is 11.1 Å². The van der Waals surface area contributed by atoms with E-state index in [2.05, 4.69) is 5.32 Å². The standard InChI is InChI=1S/C29H27FN2O6S/c1-36-24-15-17-25(18-16-24)39(34,35)38-27-9-5-3-7-22(27)20-32(19-21-11-13-23(30)14-12-21)29(33)31-26-8-4-6-10-28(26)37-2/h3-18H,19-20H2,1-2H3,(H,31,33). The number of anilines is 1. The summed E-state index contributed by atoms with van der Waals surface area (Å²) in [7, 11) is -1.19. The number of methoxy groups -OCH3 is 2. The molecule has 202 valence electrons. The number of carbonyl (C=O) groups excluding carboxylic acids is 1. The molecule has 4 rings (SSSR count). The summed E-state index contributed by atoms with van der Waals surface area (Å²) in [5, 5.41) is 2.83. The van der Waals surface area contributed by atoms with E-state index in [1.54, 1.807) is 54.6 Å². The second kappa shape index (κ2) is 12.3. The molecular weight excluding hydrogens is 523 g/mol. The summed E-state index contributed by atoms with van der Waals surface area (Å²) in [6.07, 6.45) is 0. The Bertz CT molecular complexity index is 1530. The lowest BCUT2D eigenvalue weighted by Crippen LogP contribution is -2.34. The maximum Gasteiger partial charge on any atom is 0.339 e. The summed E-state index contributed by atoms with van der Waals surface area (Å²) in [4.78, 5) is 14.9. The number of benzene rings is 4. The van der Waals surface area contributed by atoms with Crippen molar-refractivity contribution in [1.29, 1.82) is 0 Å². The van der Waals surface area contributed by atoms with Crippen LogP contribution in [-0.4, -0.2) is 33.6 Å². The monoisotopic (exact) mass is 550 g/mol. The Kier molecular flexibility index (Phi) is 8.67. The van der Waals surface area contributed by atoms with Gasteiger partial charge in [-0.1, -0.05) is 42.5 Å². The van der Waals surface area contributed by atoms with Crippen molar-refractivity contribution in [2.24, 2.45) is 0 Å². The number of nitrogens with one attached hydrogen (secondary N) is 1. The number of para-hydroxylation sites is 3. The fourth-order valence-electron chi connectivity index (χ4n) is 3.78. The van der Waals surface area contributed by atoms with Crippen molar-refractivity contribution in [2.75, 3.05) is 19.5 Å². The van der Waals surface area contributed by atoms with E-state index in [0.29, 0.717) is 28.3 Å². The van der Waals surface area contributed by atoms with Gasteiger partial charge in [-0.25, -0.2) is 9.18 Å². The maximum absolute atomic E-state index is 13.5. The second-order valence-corrected chi connectivity index (χ2v) is 9.98. The third-order valence-electron chi connectivity index (χ3n) is 5.80. The normalized spacial score (nSPS) is 10.9. The highest BCUT2D eigenvalue weighted by Gasteiger charge is 2.22. The van der Waals surface area contributed by atoms with Gasteiger partial charge >= 0.3 is 16.1 Å². The molecular formula is C29H27FN2O6S. The zero-order valence-corrected chi connectivity index (χ0v) is 22.2. The van der Waals surface area contributed by atoms with Gasteiger partial charge in [0.15, 0.2) is 0 Å². The molecule has 0 aromatic heterocycles. The lowest BCUT2D eigenvalue weighted by atomic mass is 10.1. The quantitative estimate of drug-likeness (QED) is 0.249. The molecule has 4 aromatic rings. The van der Waals surface area contributed by atoms with Gasteiger partial charge in [-0.05, 0) is 60.2 Å². The van der Waals surface area contributed by atoms with E-state index in [1.807, 2.05) is 0 Å². The Hall–Kier alpha value is -4.57. The number of rotatable bonds is 10. The fraction of sp³-hybridized carbons (Fsp3) is 0.138. The van der Waals surface area contributed by atoms with E-state index in [9.17, 15) is 17.6 Å². The van der Waals surface area contributed by atoms with E-state index < -0.39 is 22.0 Å². The average molecular weight is 551 g/mol. The van der Waals surface area contributed by atoms with E-state index in [1.165, 1.54) is 61.6 Å². The molecule has 0 aliphatic heterocycles. The molecule has 0 atom stereocenters. The van der Waals surface area contributed by atoms with Crippen LogP contribution in [0, 0.1) is 5.82 Å². The SMILES string of the molecule is COc1ccc(S(=O)(=O)Oc2ccccc2CN(Cc2ccc(F)cc2)C(=O)Nc2ccccc2OC)cc1. The zero-order chi connectivity index (χ0) is 27.8. The number of urea groups is 1. The molecule has 4 aromatic carbocycles. The smallest absolute Gasteiger partial charge is 0.339 e. The average Bonchev–Trinajstić information content (AvgIpc) is 2.95. The number of halogens is 1. The van der Waals surface area contributed by atoms with Crippen molar-refractivity contribution in [3.05, 3.63) is 114 Å². The number of hydrogen-bond donors (Lipinski definition) is 1. The van der Waals surface area contributed by atoms with Gasteiger partial charge in [0.05, 0.1) is 26.5 Å². The molecule has 8 nitrogen and oxygen atoms in total. The van der Waals surface area contributed by atoms with Crippen molar-refractivity contribution in [2.45, 2.75) is 18.0 Å². The number of hydrogen-bond acceptors (Lipinski definition) is 6. The first-order chi connectivity index (χ1) is 18.8. The summed E-state index contributed by atoms with van der Waals surface area (Å²) >= 11 is 0. The van der Waals surface area contributed by atoms with Gasteiger partial charge in [-0.3, -0.25) is 0 Å². The largest absolute Gasteiger partial charge is 0.497 e. The first kappa shape index (κ1) is 27.5. The van der Waals surface area contributed by atoms with Crippen LogP contribution in [0.3, 0.4) is 0 Å². The number of nitrogens with zero attached hydrogens (tertiary/aromatic N) is 1. The molecule has 0 saturated carbocycles. The molecule has 0 fully saturated rings. The van der Waals surface area contributed by atoms with Gasteiger partial charge in [0.1, 0.15) is 28.0 Å². The topological polar surface area (TPSA) is 94.2 Å². The molecule has 0 aliphatic carbocycles. The Labute approximate surface area is 226 Å². The minimum atomic E-state index is -4.17. The molecule has 2 amide bonds. The number of amides is 2. The van der Waals surface area contributed by atoms with Crippen LogP contribution in [0.5, 0.6) is 17.2 Å². The summed E-state index contributed by atoms with van der Waals surface area (Å²) in [6.45, 7) is 0.105. The van der Waals surface area contributed by atoms with E-state index >= 15 is 0 Å². The molecule has 10 heteroatoms. The van der Waals surface area contributed by atoms with Crippen LogP contribution in [0.4, 0.5) is 14.9 Å². The van der Waals surface area contributed by atoms with Crippen LogP contribution < -0.4 is 19.0 Å². The predicted molar refractivity (Wildman–Crippen MR) is 145 cm³/mol. The molecule has 1 N–H and O–H groups in total. The molecule has 0 bridgehead atoms. The zero-order valence-electron chi connectivity index (χ0n) is 21.3. The Morgan fingerprint density at radius 3 is 2.10 bits per heavy atom. The van der Waals surface area contributed by atoms with Gasteiger partial charge in [-0.15, -0.1) is 0 Å². The Morgan fingerprint density at radius 1 is 0.795 bits per heavy atom. The van der Waals surface area contributed by atoms with E-state index in [0.717, 1.165) is 0 Å². The minimum Gasteiger partial charge on any atom is -0.497 e. The minimum absolute atomic E-state index is 0.00728. The Morgan fingerprint density at radius 2 is 1.44 bits per heavy atom. The van der Waals surface area contributed by atoms with Crippen molar-refractivity contribution in [3.8, 4) is 17.2 Å². The lowest BCUT2D eigenvalue weighted by molar-refractivity contribution is 0.206. The van der Waals surface area contributed by atoms with Crippen molar-refractivity contribution < 1.29 is 31.3 Å².